The summed E-state index contributed by atoms with van der Waals surface area (Å²) >= 11 is 1.60. The van der Waals surface area contributed by atoms with Gasteiger partial charge in [0.05, 0.1) is 11.9 Å². The van der Waals surface area contributed by atoms with Crippen molar-refractivity contribution in [3.8, 4) is 0 Å². The molecule has 0 aliphatic rings. The molecule has 8 heteroatoms. The summed E-state index contributed by atoms with van der Waals surface area (Å²) in [4.78, 5) is 42.5. The predicted octanol–water partition coefficient (Wildman–Crippen LogP) is 1.56. The Morgan fingerprint density at radius 2 is 1.96 bits per heavy atom. The van der Waals surface area contributed by atoms with Crippen LogP contribution in [0.25, 0.3) is 11.0 Å². The number of amides is 1. The molecule has 3 aromatic rings. The molecule has 27 heavy (non-hydrogen) atoms. The molecule has 7 nitrogen and oxygen atoms in total. The minimum atomic E-state index is -0.403. The lowest BCUT2D eigenvalue weighted by atomic mass is 10.00. The summed E-state index contributed by atoms with van der Waals surface area (Å²) in [5.41, 5.74) is 2.00. The van der Waals surface area contributed by atoms with Gasteiger partial charge in [-0.15, -0.1) is 11.3 Å². The van der Waals surface area contributed by atoms with Crippen LogP contribution in [0.5, 0.6) is 0 Å². The summed E-state index contributed by atoms with van der Waals surface area (Å²) in [5, 5.41) is 5.31. The molecule has 0 unspecified atom stereocenters. The average molecular weight is 386 g/mol. The van der Waals surface area contributed by atoms with E-state index in [1.54, 1.807) is 18.4 Å². The van der Waals surface area contributed by atoms with Crippen molar-refractivity contribution in [1.82, 2.24) is 19.4 Å². The fraction of sp³-hybridized carbons (Fsp3) is 0.368. The van der Waals surface area contributed by atoms with Crippen LogP contribution in [-0.4, -0.2) is 20.0 Å². The minimum absolute atomic E-state index is 0.0457. The van der Waals surface area contributed by atoms with Gasteiger partial charge in [-0.2, -0.15) is 0 Å². The topological polar surface area (TPSA) is 86.0 Å². The molecule has 0 bridgehead atoms. The van der Waals surface area contributed by atoms with Crippen molar-refractivity contribution in [2.75, 3.05) is 0 Å². The SMILES string of the molecule is Cc1nc2c(c(C)c1CCC(=O)NCc1cccs1)c(=O)n(C)c(=O)n2C. The van der Waals surface area contributed by atoms with Gasteiger partial charge in [-0.1, -0.05) is 6.07 Å². The van der Waals surface area contributed by atoms with Gasteiger partial charge in [-0.05, 0) is 42.8 Å². The lowest BCUT2D eigenvalue weighted by Crippen LogP contribution is -2.38. The van der Waals surface area contributed by atoms with Gasteiger partial charge in [-0.25, -0.2) is 9.78 Å². The molecule has 142 valence electrons. The van der Waals surface area contributed by atoms with E-state index in [1.165, 1.54) is 11.6 Å². The maximum atomic E-state index is 12.6. The van der Waals surface area contributed by atoms with Crippen molar-refractivity contribution >= 4 is 28.3 Å². The van der Waals surface area contributed by atoms with Crippen LogP contribution < -0.4 is 16.6 Å². The van der Waals surface area contributed by atoms with E-state index in [2.05, 4.69) is 10.3 Å². The Morgan fingerprint density at radius 3 is 2.63 bits per heavy atom. The van der Waals surface area contributed by atoms with E-state index >= 15 is 0 Å². The highest BCUT2D eigenvalue weighted by molar-refractivity contribution is 7.09. The first-order valence-electron chi connectivity index (χ1n) is 8.66. The number of hydrogen-bond acceptors (Lipinski definition) is 5. The zero-order valence-electron chi connectivity index (χ0n) is 15.8. The molecule has 1 N–H and O–H groups in total. The van der Waals surface area contributed by atoms with Crippen molar-refractivity contribution < 1.29 is 4.79 Å². The molecule has 0 saturated carbocycles. The second-order valence-corrected chi connectivity index (χ2v) is 7.59. The fourth-order valence-electron chi connectivity index (χ4n) is 3.24. The molecule has 0 spiro atoms. The summed E-state index contributed by atoms with van der Waals surface area (Å²) in [6, 6.07) is 3.93. The number of aromatic nitrogens is 3. The number of nitrogens with one attached hydrogen (secondary N) is 1. The molecule has 0 saturated heterocycles. The van der Waals surface area contributed by atoms with E-state index in [9.17, 15) is 14.4 Å². The molecule has 3 heterocycles. The van der Waals surface area contributed by atoms with Gasteiger partial charge >= 0.3 is 5.69 Å². The minimum Gasteiger partial charge on any atom is -0.351 e. The monoisotopic (exact) mass is 386 g/mol. The second kappa shape index (κ2) is 7.48. The molecule has 0 fully saturated rings. The predicted molar refractivity (Wildman–Crippen MR) is 106 cm³/mol. The van der Waals surface area contributed by atoms with Crippen molar-refractivity contribution in [3.63, 3.8) is 0 Å². The standard InChI is InChI=1S/C19H22N4O3S/c1-11-14(7-8-15(24)20-10-13-6-5-9-27-13)12(2)21-17-16(11)18(25)23(4)19(26)22(17)3/h5-6,9H,7-8,10H2,1-4H3,(H,20,24). The summed E-state index contributed by atoms with van der Waals surface area (Å²) in [6.07, 6.45) is 0.801. The van der Waals surface area contributed by atoms with E-state index in [0.717, 1.165) is 26.3 Å². The van der Waals surface area contributed by atoms with Crippen LogP contribution in [-0.2, 0) is 31.9 Å². The molecular formula is C19H22N4O3S. The van der Waals surface area contributed by atoms with Crippen LogP contribution in [0.15, 0.2) is 27.1 Å². The Morgan fingerprint density at radius 1 is 1.22 bits per heavy atom. The molecule has 0 radical (unpaired) electrons. The third kappa shape index (κ3) is 3.57. The number of nitrogens with zero attached hydrogens (tertiary/aromatic N) is 3. The highest BCUT2D eigenvalue weighted by atomic mass is 32.1. The van der Waals surface area contributed by atoms with Gasteiger partial charge in [-0.3, -0.25) is 18.7 Å². The average Bonchev–Trinajstić information content (AvgIpc) is 3.16. The van der Waals surface area contributed by atoms with Crippen LogP contribution in [0.4, 0.5) is 0 Å². The number of fused-ring (bicyclic) bond motifs is 1. The molecule has 3 rings (SSSR count). The number of aryl methyl sites for hydroxylation is 3. The van der Waals surface area contributed by atoms with E-state index in [0.29, 0.717) is 30.4 Å². The van der Waals surface area contributed by atoms with Crippen LogP contribution >= 0.6 is 11.3 Å². The maximum absolute atomic E-state index is 12.6. The first-order valence-corrected chi connectivity index (χ1v) is 9.54. The van der Waals surface area contributed by atoms with Gasteiger partial charge in [0.2, 0.25) is 5.91 Å². The zero-order chi connectivity index (χ0) is 19.7. The summed E-state index contributed by atoms with van der Waals surface area (Å²) in [5.74, 6) is -0.0457. The van der Waals surface area contributed by atoms with Crippen LogP contribution in [0.3, 0.4) is 0 Å². The number of rotatable bonds is 5. The Labute approximate surface area is 160 Å². The summed E-state index contributed by atoms with van der Waals surface area (Å²) in [6.45, 7) is 4.21. The van der Waals surface area contributed by atoms with Gasteiger partial charge in [0.1, 0.15) is 5.65 Å². The molecule has 1 amide bonds. The van der Waals surface area contributed by atoms with Gasteiger partial charge < -0.3 is 5.32 Å². The van der Waals surface area contributed by atoms with Gasteiger partial charge in [0.25, 0.3) is 5.56 Å². The van der Waals surface area contributed by atoms with Crippen LogP contribution in [0, 0.1) is 13.8 Å². The Hall–Kier alpha value is -2.74. The number of thiophene rings is 1. The lowest BCUT2D eigenvalue weighted by Gasteiger charge is -2.14. The van der Waals surface area contributed by atoms with E-state index in [4.69, 9.17) is 0 Å². The highest BCUT2D eigenvalue weighted by Crippen LogP contribution is 2.20. The first kappa shape index (κ1) is 19.0. The Bertz CT molecular complexity index is 1130. The van der Waals surface area contributed by atoms with Crippen molar-refractivity contribution in [1.29, 1.82) is 0 Å². The third-order valence-corrected chi connectivity index (χ3v) is 5.69. The van der Waals surface area contributed by atoms with Gasteiger partial charge in [0, 0.05) is 31.1 Å². The largest absolute Gasteiger partial charge is 0.351 e. The number of carbonyl (C=O) groups is 1. The molecule has 3 aromatic heterocycles. The Kier molecular flexibility index (Phi) is 5.27. The number of carbonyl (C=O) groups excluding carboxylic acids is 1. The van der Waals surface area contributed by atoms with Gasteiger partial charge in [0.15, 0.2) is 0 Å². The second-order valence-electron chi connectivity index (χ2n) is 6.56. The Balaban J connectivity index is 1.88. The number of pyridine rings is 1. The maximum Gasteiger partial charge on any atom is 0.332 e. The van der Waals surface area contributed by atoms with Crippen molar-refractivity contribution in [2.24, 2.45) is 14.1 Å². The smallest absolute Gasteiger partial charge is 0.332 e. The van der Waals surface area contributed by atoms with E-state index in [-0.39, 0.29) is 11.5 Å². The molecule has 0 aromatic carbocycles. The van der Waals surface area contributed by atoms with Crippen molar-refractivity contribution in [3.05, 3.63) is 60.0 Å². The molecule has 0 atom stereocenters. The van der Waals surface area contributed by atoms with Crippen LogP contribution in [0.1, 0.15) is 28.1 Å². The van der Waals surface area contributed by atoms with E-state index in [1.807, 2.05) is 31.4 Å². The zero-order valence-corrected chi connectivity index (χ0v) is 16.6. The lowest BCUT2D eigenvalue weighted by molar-refractivity contribution is -0.121. The highest BCUT2D eigenvalue weighted by Gasteiger charge is 2.17. The third-order valence-electron chi connectivity index (χ3n) is 4.81. The normalized spacial score (nSPS) is 11.1. The summed E-state index contributed by atoms with van der Waals surface area (Å²) < 4.78 is 2.47. The molecule has 0 aliphatic carbocycles. The molecule has 0 aliphatic heterocycles. The first-order chi connectivity index (χ1) is 12.8. The fourth-order valence-corrected chi connectivity index (χ4v) is 3.88. The van der Waals surface area contributed by atoms with Crippen molar-refractivity contribution in [2.45, 2.75) is 33.2 Å². The van der Waals surface area contributed by atoms with E-state index < -0.39 is 5.69 Å². The van der Waals surface area contributed by atoms with Crippen LogP contribution in [0.2, 0.25) is 0 Å². The number of hydrogen-bond donors (Lipinski definition) is 1. The summed E-state index contributed by atoms with van der Waals surface area (Å²) in [7, 11) is 3.06. The molecular weight excluding hydrogens is 364 g/mol. The quantitative estimate of drug-likeness (QED) is 0.721.